The summed E-state index contributed by atoms with van der Waals surface area (Å²) in [5.74, 6) is 2.68. The molecule has 2 saturated heterocycles. The number of hydrogen-bond donors (Lipinski definition) is 1. The van der Waals surface area contributed by atoms with Gasteiger partial charge >= 0.3 is 0 Å². The van der Waals surface area contributed by atoms with Gasteiger partial charge < -0.3 is 14.6 Å². The number of phenolic OH excluding ortho intramolecular Hbond substituents is 1. The van der Waals surface area contributed by atoms with Crippen molar-refractivity contribution in [1.29, 1.82) is 0 Å². The molecule has 2 heterocycles. The third-order valence-electron chi connectivity index (χ3n) is 6.97. The molecule has 4 aliphatic rings. The Morgan fingerprint density at radius 1 is 0.963 bits per heavy atom. The molecule has 27 heavy (non-hydrogen) atoms. The smallest absolute Gasteiger partial charge is 0.131 e. The number of phenols is 1. The van der Waals surface area contributed by atoms with E-state index >= 15 is 0 Å². The topological polar surface area (TPSA) is 38.7 Å². The van der Waals surface area contributed by atoms with Crippen LogP contribution in [0, 0.1) is 11.3 Å². The molecule has 0 aromatic heterocycles. The molecule has 3 nitrogen and oxygen atoms in total. The van der Waals surface area contributed by atoms with Crippen LogP contribution >= 0.6 is 0 Å². The number of aromatic hydroxyl groups is 1. The van der Waals surface area contributed by atoms with Crippen LogP contribution in [0.5, 0.6) is 17.2 Å². The van der Waals surface area contributed by atoms with Gasteiger partial charge in [0, 0.05) is 6.07 Å². The molecule has 0 radical (unpaired) electrons. The summed E-state index contributed by atoms with van der Waals surface area (Å²) in [6, 6.07) is 15.2. The summed E-state index contributed by atoms with van der Waals surface area (Å²) in [4.78, 5) is 0. The number of ether oxygens (including phenoxy) is 2. The Hall–Kier alpha value is -2.00. The second-order valence-corrected chi connectivity index (χ2v) is 8.89. The van der Waals surface area contributed by atoms with E-state index in [0.717, 1.165) is 31.1 Å². The van der Waals surface area contributed by atoms with Crippen molar-refractivity contribution < 1.29 is 14.6 Å². The fourth-order valence-corrected chi connectivity index (χ4v) is 4.90. The minimum absolute atomic E-state index is 0.139. The predicted octanol–water partition coefficient (Wildman–Crippen LogP) is 6.16. The first kappa shape index (κ1) is 17.1. The minimum atomic E-state index is -0.139. The van der Waals surface area contributed by atoms with Crippen molar-refractivity contribution in [1.82, 2.24) is 0 Å². The van der Waals surface area contributed by atoms with E-state index in [1.165, 1.54) is 44.1 Å². The summed E-state index contributed by atoms with van der Waals surface area (Å²) in [5.41, 5.74) is 1.54. The SMILES string of the molecule is Oc1cccc(Oc2cccc(C34CCC(CCC5CC5)(CC3)CO4)c2)c1. The number of rotatable bonds is 6. The van der Waals surface area contributed by atoms with Crippen LogP contribution in [0.4, 0.5) is 0 Å². The largest absolute Gasteiger partial charge is 0.508 e. The van der Waals surface area contributed by atoms with Crippen molar-refractivity contribution in [3.05, 3.63) is 54.1 Å². The van der Waals surface area contributed by atoms with E-state index in [4.69, 9.17) is 9.47 Å². The van der Waals surface area contributed by atoms with Gasteiger partial charge in [0.25, 0.3) is 0 Å². The quantitative estimate of drug-likeness (QED) is 0.667. The first-order valence-electron chi connectivity index (χ1n) is 10.4. The second kappa shape index (κ2) is 6.56. The highest BCUT2D eigenvalue weighted by atomic mass is 16.5. The van der Waals surface area contributed by atoms with Gasteiger partial charge in [0.15, 0.2) is 0 Å². The average Bonchev–Trinajstić information content (AvgIpc) is 3.53. The highest BCUT2D eigenvalue weighted by Gasteiger charge is 2.50. The molecule has 0 unspecified atom stereocenters. The number of fused-ring (bicyclic) bond motifs is 3. The molecule has 2 saturated carbocycles. The second-order valence-electron chi connectivity index (χ2n) is 8.89. The third kappa shape index (κ3) is 3.45. The Labute approximate surface area is 161 Å². The summed E-state index contributed by atoms with van der Waals surface area (Å²) in [7, 11) is 0. The number of hydrogen-bond acceptors (Lipinski definition) is 3. The van der Waals surface area contributed by atoms with Crippen LogP contribution in [-0.4, -0.2) is 11.7 Å². The van der Waals surface area contributed by atoms with Crippen LogP contribution in [0.3, 0.4) is 0 Å². The standard InChI is InChI=1S/C24H28O3/c25-20-4-2-6-22(16-20)27-21-5-1-3-19(15-21)24-13-11-23(12-14-24,17-26-24)10-9-18-7-8-18/h1-6,15-16,18,25H,7-14,17H2. The Bertz CT molecular complexity index is 799. The molecule has 2 aliphatic carbocycles. The van der Waals surface area contributed by atoms with Gasteiger partial charge in [-0.3, -0.25) is 0 Å². The average molecular weight is 364 g/mol. The van der Waals surface area contributed by atoms with Gasteiger partial charge in [0.1, 0.15) is 17.2 Å². The van der Waals surface area contributed by atoms with Gasteiger partial charge in [-0.25, -0.2) is 0 Å². The summed E-state index contributed by atoms with van der Waals surface area (Å²) in [5, 5.41) is 9.64. The molecule has 2 aliphatic heterocycles. The van der Waals surface area contributed by atoms with Crippen LogP contribution in [0.1, 0.15) is 56.9 Å². The van der Waals surface area contributed by atoms with Gasteiger partial charge in [0.05, 0.1) is 12.2 Å². The van der Waals surface area contributed by atoms with Crippen molar-refractivity contribution in [2.75, 3.05) is 6.61 Å². The first-order chi connectivity index (χ1) is 13.1. The molecule has 0 spiro atoms. The normalized spacial score (nSPS) is 29.6. The van der Waals surface area contributed by atoms with Crippen molar-refractivity contribution >= 4 is 0 Å². The molecule has 0 atom stereocenters. The third-order valence-corrected chi connectivity index (χ3v) is 6.97. The molecule has 2 aromatic carbocycles. The molecule has 4 fully saturated rings. The Balaban J connectivity index is 1.30. The lowest BCUT2D eigenvalue weighted by Crippen LogP contribution is -2.49. The molecule has 0 amide bonds. The highest BCUT2D eigenvalue weighted by molar-refractivity contribution is 5.39. The van der Waals surface area contributed by atoms with Crippen LogP contribution in [0.25, 0.3) is 0 Å². The molecule has 2 bridgehead atoms. The maximum absolute atomic E-state index is 9.64. The highest BCUT2D eigenvalue weighted by Crippen LogP contribution is 2.56. The maximum atomic E-state index is 9.64. The lowest BCUT2D eigenvalue weighted by atomic mass is 9.62. The summed E-state index contributed by atoms with van der Waals surface area (Å²) >= 11 is 0. The molecular formula is C24H28O3. The first-order valence-corrected chi connectivity index (χ1v) is 10.4. The minimum Gasteiger partial charge on any atom is -0.508 e. The lowest BCUT2D eigenvalue weighted by molar-refractivity contribution is -0.192. The fraction of sp³-hybridized carbons (Fsp3) is 0.500. The monoisotopic (exact) mass is 364 g/mol. The van der Waals surface area contributed by atoms with Gasteiger partial charge in [-0.2, -0.15) is 0 Å². The summed E-state index contributed by atoms with van der Waals surface area (Å²) in [6.45, 7) is 0.914. The Morgan fingerprint density at radius 3 is 2.37 bits per heavy atom. The van der Waals surface area contributed by atoms with Gasteiger partial charge in [-0.05, 0) is 79.7 Å². The fourth-order valence-electron chi connectivity index (χ4n) is 4.90. The van der Waals surface area contributed by atoms with E-state index < -0.39 is 0 Å². The van der Waals surface area contributed by atoms with E-state index in [9.17, 15) is 5.11 Å². The zero-order valence-corrected chi connectivity index (χ0v) is 15.8. The van der Waals surface area contributed by atoms with Crippen molar-refractivity contribution in [3.8, 4) is 17.2 Å². The maximum Gasteiger partial charge on any atom is 0.131 e. The van der Waals surface area contributed by atoms with E-state index in [2.05, 4.69) is 18.2 Å². The number of benzene rings is 2. The summed E-state index contributed by atoms with van der Waals surface area (Å²) in [6.07, 6.45) is 10.5. The van der Waals surface area contributed by atoms with Crippen LogP contribution in [0.15, 0.2) is 48.5 Å². The van der Waals surface area contributed by atoms with Crippen LogP contribution < -0.4 is 4.74 Å². The molecule has 6 rings (SSSR count). The van der Waals surface area contributed by atoms with Gasteiger partial charge in [-0.1, -0.05) is 31.0 Å². The molecule has 2 aromatic rings. The molecule has 1 N–H and O–H groups in total. The zero-order chi connectivity index (χ0) is 18.3. The molecule has 142 valence electrons. The van der Waals surface area contributed by atoms with Gasteiger partial charge in [0.2, 0.25) is 0 Å². The van der Waals surface area contributed by atoms with Crippen LogP contribution in [0.2, 0.25) is 0 Å². The predicted molar refractivity (Wildman–Crippen MR) is 105 cm³/mol. The summed E-state index contributed by atoms with van der Waals surface area (Å²) < 4.78 is 12.5. The van der Waals surface area contributed by atoms with E-state index in [-0.39, 0.29) is 11.4 Å². The Morgan fingerprint density at radius 2 is 1.70 bits per heavy atom. The van der Waals surface area contributed by atoms with E-state index in [1.807, 2.05) is 12.1 Å². The lowest BCUT2D eigenvalue weighted by Gasteiger charge is -2.53. The van der Waals surface area contributed by atoms with E-state index in [0.29, 0.717) is 11.2 Å². The van der Waals surface area contributed by atoms with Crippen molar-refractivity contribution in [2.24, 2.45) is 11.3 Å². The van der Waals surface area contributed by atoms with Crippen molar-refractivity contribution in [2.45, 2.75) is 57.0 Å². The van der Waals surface area contributed by atoms with E-state index in [1.54, 1.807) is 18.2 Å². The molecular weight excluding hydrogens is 336 g/mol. The Kier molecular flexibility index (Phi) is 4.16. The molecule has 3 heteroatoms. The van der Waals surface area contributed by atoms with Gasteiger partial charge in [-0.15, -0.1) is 0 Å². The van der Waals surface area contributed by atoms with Crippen LogP contribution in [-0.2, 0) is 10.3 Å². The van der Waals surface area contributed by atoms with Crippen molar-refractivity contribution in [3.63, 3.8) is 0 Å². The zero-order valence-electron chi connectivity index (χ0n) is 15.8.